The summed E-state index contributed by atoms with van der Waals surface area (Å²) in [6.07, 6.45) is 0. The summed E-state index contributed by atoms with van der Waals surface area (Å²) in [7, 11) is 11.2. The zero-order chi connectivity index (χ0) is 11.7. The molecule has 0 amide bonds. The zero-order valence-corrected chi connectivity index (χ0v) is 11.3. The molecule has 0 aromatic carbocycles. The molecule has 6 heteroatoms. The molecule has 0 aliphatic heterocycles. The van der Waals surface area contributed by atoms with E-state index in [-0.39, 0.29) is 0 Å². The smallest absolute Gasteiger partial charge is 0.168 e. The first-order valence-corrected chi connectivity index (χ1v) is 4.96. The molecule has 0 atom stereocenters. The van der Waals surface area contributed by atoms with E-state index in [1.54, 1.807) is 0 Å². The highest BCUT2D eigenvalue weighted by Crippen LogP contribution is 1.73. The standard InChI is InChI=1S/2C4H10N2S/c2*1-5-4(7)6(2)3/h2*1-3H3,(H,5,7). The van der Waals surface area contributed by atoms with Crippen molar-refractivity contribution in [1.82, 2.24) is 20.4 Å². The minimum atomic E-state index is 0.764. The lowest BCUT2D eigenvalue weighted by Crippen LogP contribution is -2.30. The SMILES string of the molecule is CNC(=S)N(C)C.CNC(=S)N(C)C. The van der Waals surface area contributed by atoms with E-state index in [0.29, 0.717) is 0 Å². The summed E-state index contributed by atoms with van der Waals surface area (Å²) in [5.74, 6) is 0. The number of nitrogens with one attached hydrogen (secondary N) is 2. The van der Waals surface area contributed by atoms with Gasteiger partial charge in [-0.3, -0.25) is 0 Å². The number of nitrogens with zero attached hydrogens (tertiary/aromatic N) is 2. The lowest BCUT2D eigenvalue weighted by Gasteiger charge is -2.11. The van der Waals surface area contributed by atoms with Gasteiger partial charge in [0, 0.05) is 42.3 Å². The van der Waals surface area contributed by atoms with E-state index in [4.69, 9.17) is 24.4 Å². The van der Waals surface area contributed by atoms with E-state index in [2.05, 4.69) is 10.6 Å². The summed E-state index contributed by atoms with van der Waals surface area (Å²) in [5, 5.41) is 7.17. The van der Waals surface area contributed by atoms with E-state index in [9.17, 15) is 0 Å². The van der Waals surface area contributed by atoms with Crippen molar-refractivity contribution < 1.29 is 0 Å². The highest BCUT2D eigenvalue weighted by atomic mass is 32.1. The van der Waals surface area contributed by atoms with Crippen molar-refractivity contribution in [1.29, 1.82) is 0 Å². The molecule has 4 nitrogen and oxygen atoms in total. The second-order valence-electron chi connectivity index (χ2n) is 2.90. The van der Waals surface area contributed by atoms with E-state index in [1.165, 1.54) is 0 Å². The second-order valence-corrected chi connectivity index (χ2v) is 3.67. The molecule has 0 saturated carbocycles. The van der Waals surface area contributed by atoms with Crippen LogP contribution in [0.3, 0.4) is 0 Å². The molecule has 0 fully saturated rings. The van der Waals surface area contributed by atoms with Crippen molar-refractivity contribution in [3.8, 4) is 0 Å². The molecule has 0 radical (unpaired) electrons. The highest BCUT2D eigenvalue weighted by Gasteiger charge is 1.88. The second kappa shape index (κ2) is 8.96. The fraction of sp³-hybridized carbons (Fsp3) is 0.750. The Kier molecular flexibility index (Phi) is 10.1. The summed E-state index contributed by atoms with van der Waals surface area (Å²) in [6.45, 7) is 0. The average Bonchev–Trinajstić information content (AvgIpc) is 2.15. The van der Waals surface area contributed by atoms with Crippen molar-refractivity contribution in [3.63, 3.8) is 0 Å². The van der Waals surface area contributed by atoms with Crippen LogP contribution in [-0.2, 0) is 0 Å². The first-order valence-electron chi connectivity index (χ1n) is 4.14. The fourth-order valence-corrected chi connectivity index (χ4v) is 0.447. The molecule has 0 bridgehead atoms. The van der Waals surface area contributed by atoms with Crippen LogP contribution in [0.5, 0.6) is 0 Å². The molecule has 0 spiro atoms. The van der Waals surface area contributed by atoms with Gasteiger partial charge in [0.1, 0.15) is 0 Å². The Morgan fingerprint density at radius 2 is 1.00 bits per heavy atom. The predicted molar refractivity (Wildman–Crippen MR) is 70.7 cm³/mol. The first kappa shape index (κ1) is 15.8. The Morgan fingerprint density at radius 3 is 1.00 bits per heavy atom. The van der Waals surface area contributed by atoms with Crippen LogP contribution in [0.2, 0.25) is 0 Å². The van der Waals surface area contributed by atoms with Crippen LogP contribution < -0.4 is 10.6 Å². The van der Waals surface area contributed by atoms with Gasteiger partial charge in [0.05, 0.1) is 0 Å². The zero-order valence-electron chi connectivity index (χ0n) is 9.71. The average molecular weight is 236 g/mol. The van der Waals surface area contributed by atoms with Crippen LogP contribution >= 0.6 is 24.4 Å². The third kappa shape index (κ3) is 9.47. The predicted octanol–water partition coefficient (Wildman–Crippen LogP) is 0.105. The quantitative estimate of drug-likeness (QED) is 0.580. The van der Waals surface area contributed by atoms with Gasteiger partial charge in [-0.15, -0.1) is 0 Å². The van der Waals surface area contributed by atoms with Gasteiger partial charge in [-0.1, -0.05) is 0 Å². The summed E-state index contributed by atoms with van der Waals surface area (Å²) < 4.78 is 0. The van der Waals surface area contributed by atoms with Gasteiger partial charge in [-0.25, -0.2) is 0 Å². The molecule has 0 aromatic heterocycles. The lowest BCUT2D eigenvalue weighted by atomic mass is 10.9. The normalized spacial score (nSPS) is 7.86. The maximum absolute atomic E-state index is 4.79. The minimum absolute atomic E-state index is 0.764. The first-order chi connectivity index (χ1) is 6.36. The van der Waals surface area contributed by atoms with Gasteiger partial charge in [0.25, 0.3) is 0 Å². The monoisotopic (exact) mass is 236 g/mol. The summed E-state index contributed by atoms with van der Waals surface area (Å²) in [6, 6.07) is 0. The van der Waals surface area contributed by atoms with Gasteiger partial charge < -0.3 is 20.4 Å². The molecule has 0 rings (SSSR count). The maximum Gasteiger partial charge on any atom is 0.168 e. The number of rotatable bonds is 0. The van der Waals surface area contributed by atoms with Crippen molar-refractivity contribution in [2.75, 3.05) is 42.3 Å². The van der Waals surface area contributed by atoms with Crippen LogP contribution in [0.25, 0.3) is 0 Å². The van der Waals surface area contributed by atoms with Crippen molar-refractivity contribution in [3.05, 3.63) is 0 Å². The molecule has 0 heterocycles. The third-order valence-electron chi connectivity index (χ3n) is 1.24. The molecule has 84 valence electrons. The number of hydrogen-bond acceptors (Lipinski definition) is 2. The molecule has 0 saturated heterocycles. The number of hydrogen-bond donors (Lipinski definition) is 2. The van der Waals surface area contributed by atoms with E-state index in [1.807, 2.05) is 52.1 Å². The number of thiocarbonyl (C=S) groups is 2. The highest BCUT2D eigenvalue weighted by molar-refractivity contribution is 7.80. The van der Waals surface area contributed by atoms with Crippen molar-refractivity contribution >= 4 is 34.7 Å². The Hall–Kier alpha value is -0.620. The Morgan fingerprint density at radius 1 is 0.786 bits per heavy atom. The summed E-state index contributed by atoms with van der Waals surface area (Å²) in [5.41, 5.74) is 0. The maximum atomic E-state index is 4.79. The largest absolute Gasteiger partial charge is 0.366 e. The molecule has 14 heavy (non-hydrogen) atoms. The van der Waals surface area contributed by atoms with E-state index < -0.39 is 0 Å². The van der Waals surface area contributed by atoms with Crippen LogP contribution in [0.15, 0.2) is 0 Å². The molecule has 0 unspecified atom stereocenters. The van der Waals surface area contributed by atoms with Gasteiger partial charge in [0.2, 0.25) is 0 Å². The topological polar surface area (TPSA) is 30.5 Å². The van der Waals surface area contributed by atoms with Crippen LogP contribution in [-0.4, -0.2) is 62.3 Å². The molecular weight excluding hydrogens is 216 g/mol. The molecule has 0 aliphatic rings. The van der Waals surface area contributed by atoms with Crippen molar-refractivity contribution in [2.24, 2.45) is 0 Å². The van der Waals surface area contributed by atoms with Gasteiger partial charge in [-0.2, -0.15) is 0 Å². The van der Waals surface area contributed by atoms with Crippen LogP contribution in [0, 0.1) is 0 Å². The van der Waals surface area contributed by atoms with Crippen LogP contribution in [0.4, 0.5) is 0 Å². The molecular formula is C8H20N4S2. The lowest BCUT2D eigenvalue weighted by molar-refractivity contribution is 0.612. The minimum Gasteiger partial charge on any atom is -0.366 e. The molecule has 0 aromatic rings. The molecule has 2 N–H and O–H groups in total. The summed E-state index contributed by atoms with van der Waals surface area (Å²) in [4.78, 5) is 3.69. The van der Waals surface area contributed by atoms with Gasteiger partial charge in [-0.05, 0) is 24.4 Å². The summed E-state index contributed by atoms with van der Waals surface area (Å²) >= 11 is 9.59. The fourth-order valence-electron chi connectivity index (χ4n) is 0.447. The van der Waals surface area contributed by atoms with Gasteiger partial charge >= 0.3 is 0 Å². The molecule has 0 aliphatic carbocycles. The third-order valence-corrected chi connectivity index (χ3v) is 2.38. The van der Waals surface area contributed by atoms with E-state index >= 15 is 0 Å². The van der Waals surface area contributed by atoms with Crippen molar-refractivity contribution in [2.45, 2.75) is 0 Å². The Bertz CT molecular complexity index is 160. The van der Waals surface area contributed by atoms with E-state index in [0.717, 1.165) is 10.2 Å². The Balaban J connectivity index is 0. The van der Waals surface area contributed by atoms with Gasteiger partial charge in [0.15, 0.2) is 10.2 Å². The van der Waals surface area contributed by atoms with Crippen LogP contribution in [0.1, 0.15) is 0 Å². The Labute approximate surface area is 97.6 Å².